The predicted molar refractivity (Wildman–Crippen MR) is 141 cm³/mol. The van der Waals surface area contributed by atoms with Gasteiger partial charge in [-0.25, -0.2) is 9.78 Å². The highest BCUT2D eigenvalue weighted by Crippen LogP contribution is 2.46. The Morgan fingerprint density at radius 3 is 2.65 bits per heavy atom. The second kappa shape index (κ2) is 9.51. The van der Waals surface area contributed by atoms with Crippen LogP contribution in [0.5, 0.6) is 0 Å². The van der Waals surface area contributed by atoms with Crippen LogP contribution in [0.15, 0.2) is 40.9 Å². The molecule has 0 atom stereocenters. The number of rotatable bonds is 7. The van der Waals surface area contributed by atoms with Crippen molar-refractivity contribution in [2.24, 2.45) is 0 Å². The van der Waals surface area contributed by atoms with Crippen molar-refractivity contribution in [3.8, 4) is 11.3 Å². The van der Waals surface area contributed by atoms with Crippen LogP contribution in [-0.2, 0) is 16.9 Å². The number of nitrogens with zero attached hydrogens (tertiary/aromatic N) is 2. The monoisotopic (exact) mass is 538 g/mol. The number of carboxylic acids is 1. The van der Waals surface area contributed by atoms with E-state index in [0.717, 1.165) is 41.0 Å². The fraction of sp³-hybridized carbons (Fsp3) is 0.393. The van der Waals surface area contributed by atoms with Crippen LogP contribution in [0.25, 0.3) is 21.5 Å². The van der Waals surface area contributed by atoms with Crippen LogP contribution in [0.3, 0.4) is 0 Å². The lowest BCUT2D eigenvalue weighted by molar-refractivity contribution is -0.0640. The van der Waals surface area contributed by atoms with Gasteiger partial charge in [-0.1, -0.05) is 35.0 Å². The van der Waals surface area contributed by atoms with E-state index in [1.807, 2.05) is 25.1 Å². The zero-order valence-corrected chi connectivity index (χ0v) is 21.9. The van der Waals surface area contributed by atoms with E-state index in [9.17, 15) is 15.0 Å². The summed E-state index contributed by atoms with van der Waals surface area (Å²) in [6.45, 7) is 2.39. The number of aryl methyl sites for hydroxylation is 1. The first-order valence-electron chi connectivity index (χ1n) is 12.6. The van der Waals surface area contributed by atoms with Gasteiger partial charge in [0.1, 0.15) is 22.1 Å². The molecule has 0 saturated heterocycles. The van der Waals surface area contributed by atoms with Gasteiger partial charge in [-0.3, -0.25) is 0 Å². The van der Waals surface area contributed by atoms with Gasteiger partial charge in [0.2, 0.25) is 0 Å². The summed E-state index contributed by atoms with van der Waals surface area (Å²) in [4.78, 5) is 16.2. The van der Waals surface area contributed by atoms with E-state index >= 15 is 0 Å². The summed E-state index contributed by atoms with van der Waals surface area (Å²) in [6, 6.07) is 10.8. The molecule has 4 aromatic rings. The molecule has 2 aliphatic carbocycles. The van der Waals surface area contributed by atoms with Gasteiger partial charge in [0.25, 0.3) is 0 Å². The van der Waals surface area contributed by atoms with Crippen LogP contribution in [0.2, 0.25) is 5.02 Å². The average molecular weight is 539 g/mol. The van der Waals surface area contributed by atoms with Gasteiger partial charge < -0.3 is 19.5 Å². The average Bonchev–Trinajstić information content (AvgIpc) is 3.48. The molecule has 2 aromatic heterocycles. The van der Waals surface area contributed by atoms with Crippen molar-refractivity contribution in [3.63, 3.8) is 0 Å². The Labute approximate surface area is 223 Å². The van der Waals surface area contributed by atoms with E-state index in [-0.39, 0.29) is 11.7 Å². The first-order chi connectivity index (χ1) is 17.8. The van der Waals surface area contributed by atoms with Crippen LogP contribution in [0.4, 0.5) is 0 Å². The highest BCUT2D eigenvalue weighted by atomic mass is 35.5. The van der Waals surface area contributed by atoms with E-state index in [1.54, 1.807) is 18.2 Å². The molecule has 2 saturated carbocycles. The second-order valence-electron chi connectivity index (χ2n) is 10.1. The molecule has 9 heteroatoms. The molecule has 0 spiro atoms. The second-order valence-corrected chi connectivity index (χ2v) is 11.5. The molecule has 2 aromatic carbocycles. The number of thiazole rings is 1. The number of benzene rings is 2. The molecule has 2 N–H and O–H groups in total. The maximum absolute atomic E-state index is 11.6. The molecular weight excluding hydrogens is 512 g/mol. The van der Waals surface area contributed by atoms with Gasteiger partial charge in [0, 0.05) is 17.0 Å². The van der Waals surface area contributed by atoms with Gasteiger partial charge in [-0.15, -0.1) is 11.3 Å². The topological polar surface area (TPSA) is 106 Å². The molecule has 2 heterocycles. The van der Waals surface area contributed by atoms with E-state index in [0.29, 0.717) is 58.5 Å². The number of fused-ring (bicyclic) bond motifs is 1. The van der Waals surface area contributed by atoms with Gasteiger partial charge in [-0.05, 0) is 69.2 Å². The minimum Gasteiger partial charge on any atom is -0.478 e. The molecule has 0 aliphatic heterocycles. The standard InChI is InChI=1S/C28H27ClN2O5S/c1-15-4-2-6-20(29)22(15)23-19(24(36-31-23)16-8-9-16)14-35-17-10-12-28(34,13-11-17)27-30-21-7-3-5-18(26(32)33)25(21)37-27/h2-7,16-17,34H,8-14H2,1H3,(H,32,33). The van der Waals surface area contributed by atoms with Crippen molar-refractivity contribution in [2.75, 3.05) is 0 Å². The number of aromatic nitrogens is 2. The first kappa shape index (κ1) is 24.6. The summed E-state index contributed by atoms with van der Waals surface area (Å²) in [5.74, 6) is 0.287. The van der Waals surface area contributed by atoms with Gasteiger partial charge >= 0.3 is 5.97 Å². The van der Waals surface area contributed by atoms with E-state index in [1.165, 1.54) is 11.3 Å². The lowest BCUT2D eigenvalue weighted by Crippen LogP contribution is -2.34. The summed E-state index contributed by atoms with van der Waals surface area (Å²) in [6.07, 6.45) is 4.49. The van der Waals surface area contributed by atoms with Crippen molar-refractivity contribution >= 4 is 39.1 Å². The molecule has 37 heavy (non-hydrogen) atoms. The Bertz CT molecular complexity index is 1460. The van der Waals surface area contributed by atoms with E-state index < -0.39 is 11.6 Å². The number of halogens is 1. The zero-order valence-electron chi connectivity index (χ0n) is 20.4. The minimum absolute atomic E-state index is 0.0219. The Kier molecular flexibility index (Phi) is 6.31. The van der Waals surface area contributed by atoms with Crippen LogP contribution in [0, 0.1) is 6.92 Å². The van der Waals surface area contributed by atoms with Crippen LogP contribution >= 0.6 is 22.9 Å². The number of hydrogen-bond acceptors (Lipinski definition) is 7. The number of carboxylic acid groups (broad SMARTS) is 1. The van der Waals surface area contributed by atoms with Gasteiger partial charge in [0.05, 0.1) is 33.5 Å². The van der Waals surface area contributed by atoms with Crippen LogP contribution in [0.1, 0.15) is 76.7 Å². The number of carbonyl (C=O) groups is 1. The van der Waals surface area contributed by atoms with E-state index in [4.69, 9.17) is 20.9 Å². The Morgan fingerprint density at radius 2 is 1.95 bits per heavy atom. The minimum atomic E-state index is -1.09. The van der Waals surface area contributed by atoms with Crippen LogP contribution < -0.4 is 0 Å². The van der Waals surface area contributed by atoms with Gasteiger partial charge in [0.15, 0.2) is 0 Å². The van der Waals surface area contributed by atoms with Gasteiger partial charge in [-0.2, -0.15) is 0 Å². The number of aliphatic hydroxyl groups is 1. The molecule has 0 unspecified atom stereocenters. The Balaban J connectivity index is 1.18. The van der Waals surface area contributed by atoms with Crippen molar-refractivity contribution in [1.82, 2.24) is 10.1 Å². The van der Waals surface area contributed by atoms with Crippen molar-refractivity contribution in [2.45, 2.75) is 69.7 Å². The molecule has 6 rings (SSSR count). The molecule has 2 fully saturated rings. The molecule has 2 aliphatic rings. The number of hydrogen-bond donors (Lipinski definition) is 2. The summed E-state index contributed by atoms with van der Waals surface area (Å²) in [7, 11) is 0. The maximum atomic E-state index is 11.6. The molecule has 0 amide bonds. The summed E-state index contributed by atoms with van der Waals surface area (Å²) < 4.78 is 12.8. The third-order valence-electron chi connectivity index (χ3n) is 7.49. The fourth-order valence-corrected chi connectivity index (χ4v) is 6.75. The highest BCUT2D eigenvalue weighted by Gasteiger charge is 2.39. The third-order valence-corrected chi connectivity index (χ3v) is 9.10. The van der Waals surface area contributed by atoms with Crippen molar-refractivity contribution in [3.05, 3.63) is 68.9 Å². The number of ether oxygens (including phenoxy) is 1. The molecule has 7 nitrogen and oxygen atoms in total. The largest absolute Gasteiger partial charge is 0.478 e. The first-order valence-corrected chi connectivity index (χ1v) is 13.7. The maximum Gasteiger partial charge on any atom is 0.337 e. The lowest BCUT2D eigenvalue weighted by Gasteiger charge is -2.34. The molecular formula is C28H27ClN2O5S. The molecule has 192 valence electrons. The number of aromatic carboxylic acids is 1. The fourth-order valence-electron chi connectivity index (χ4n) is 5.22. The van der Waals surface area contributed by atoms with Crippen LogP contribution in [-0.4, -0.2) is 32.4 Å². The Hall–Kier alpha value is -2.78. The van der Waals surface area contributed by atoms with Crippen molar-refractivity contribution < 1.29 is 24.3 Å². The lowest BCUT2D eigenvalue weighted by atomic mass is 9.83. The highest BCUT2D eigenvalue weighted by molar-refractivity contribution is 7.19. The molecule has 0 bridgehead atoms. The molecule has 0 radical (unpaired) electrons. The summed E-state index contributed by atoms with van der Waals surface area (Å²) in [5, 5.41) is 26.5. The zero-order chi connectivity index (χ0) is 25.7. The van der Waals surface area contributed by atoms with Crippen molar-refractivity contribution in [1.29, 1.82) is 0 Å². The van der Waals surface area contributed by atoms with E-state index in [2.05, 4.69) is 10.1 Å². The Morgan fingerprint density at radius 1 is 1.19 bits per heavy atom. The summed E-state index contributed by atoms with van der Waals surface area (Å²) >= 11 is 7.82. The summed E-state index contributed by atoms with van der Waals surface area (Å²) in [5.41, 5.74) is 3.37. The predicted octanol–water partition coefficient (Wildman–Crippen LogP) is 6.84. The quantitative estimate of drug-likeness (QED) is 0.265. The SMILES string of the molecule is Cc1cccc(Cl)c1-c1noc(C2CC2)c1COC1CCC(O)(c2nc3cccc(C(=O)O)c3s2)CC1. The smallest absolute Gasteiger partial charge is 0.337 e. The third kappa shape index (κ3) is 4.56. The normalized spacial score (nSPS) is 22.0.